The molecule has 0 atom stereocenters. The lowest BCUT2D eigenvalue weighted by Gasteiger charge is -2.18. The first-order valence-corrected chi connectivity index (χ1v) is 6.71. The Balaban J connectivity index is 2.37. The number of hydrogen-bond acceptors (Lipinski definition) is 3. The average molecular weight is 298 g/mol. The van der Waals surface area contributed by atoms with Crippen molar-refractivity contribution in [2.45, 2.75) is 6.42 Å². The van der Waals surface area contributed by atoms with E-state index in [2.05, 4.69) is 5.32 Å². The summed E-state index contributed by atoms with van der Waals surface area (Å²) in [7, 11) is 5.23. The maximum Gasteiger partial charge on any atom is 0.236 e. The predicted octanol–water partition coefficient (Wildman–Crippen LogP) is 1.69. The normalized spacial score (nSPS) is 10.4. The Labute approximate surface area is 124 Å². The van der Waals surface area contributed by atoms with E-state index in [1.807, 2.05) is 18.0 Å². The molecule has 1 aromatic carbocycles. The molecule has 0 radical (unpaired) electrons. The Morgan fingerprint density at radius 2 is 1.85 bits per heavy atom. The number of carbonyl (C=O) groups excluding carboxylic acids is 2. The lowest BCUT2D eigenvalue weighted by atomic mass is 10.3. The zero-order chi connectivity index (χ0) is 15.1. The molecule has 0 bridgehead atoms. The molecule has 110 valence electrons. The van der Waals surface area contributed by atoms with Gasteiger partial charge in [-0.25, -0.2) is 0 Å². The summed E-state index contributed by atoms with van der Waals surface area (Å²) in [5.74, 6) is -0.110. The van der Waals surface area contributed by atoms with Gasteiger partial charge >= 0.3 is 0 Å². The molecule has 1 rings (SSSR count). The zero-order valence-electron chi connectivity index (χ0n) is 12.0. The third kappa shape index (κ3) is 5.59. The second kappa shape index (κ2) is 7.87. The minimum absolute atomic E-state index is 0.0130. The molecular weight excluding hydrogens is 278 g/mol. The summed E-state index contributed by atoms with van der Waals surface area (Å²) in [4.78, 5) is 26.6. The first-order chi connectivity index (χ1) is 9.40. The molecule has 0 fully saturated rings. The van der Waals surface area contributed by atoms with E-state index in [1.54, 1.807) is 32.3 Å². The van der Waals surface area contributed by atoms with Crippen LogP contribution in [0.1, 0.15) is 6.42 Å². The molecule has 6 heteroatoms. The Kier molecular flexibility index (Phi) is 6.48. The first-order valence-electron chi connectivity index (χ1n) is 6.33. The number of para-hydroxylation sites is 1. The van der Waals surface area contributed by atoms with Gasteiger partial charge in [-0.05, 0) is 19.2 Å². The van der Waals surface area contributed by atoms with E-state index in [0.29, 0.717) is 30.2 Å². The number of nitrogens with one attached hydrogen (secondary N) is 1. The SMILES string of the molecule is CN(CCC(=O)Nc1ccccc1Cl)CC(=O)N(C)C. The number of rotatable bonds is 6. The number of halogens is 1. The molecule has 0 unspecified atom stereocenters. The fraction of sp³-hybridized carbons (Fsp3) is 0.429. The monoisotopic (exact) mass is 297 g/mol. The van der Waals surface area contributed by atoms with E-state index in [1.165, 1.54) is 4.90 Å². The molecule has 1 N–H and O–H groups in total. The zero-order valence-corrected chi connectivity index (χ0v) is 12.8. The second-order valence-corrected chi connectivity index (χ2v) is 5.21. The van der Waals surface area contributed by atoms with E-state index in [-0.39, 0.29) is 11.8 Å². The quantitative estimate of drug-likeness (QED) is 0.869. The Hall–Kier alpha value is -1.59. The predicted molar refractivity (Wildman–Crippen MR) is 80.9 cm³/mol. The molecule has 5 nitrogen and oxygen atoms in total. The van der Waals surface area contributed by atoms with Crippen LogP contribution in [0.5, 0.6) is 0 Å². The van der Waals surface area contributed by atoms with Crippen LogP contribution in [0.2, 0.25) is 5.02 Å². The summed E-state index contributed by atoms with van der Waals surface area (Å²) < 4.78 is 0. The van der Waals surface area contributed by atoms with Gasteiger partial charge in [0.1, 0.15) is 0 Å². The van der Waals surface area contributed by atoms with Crippen LogP contribution in [0.15, 0.2) is 24.3 Å². The first kappa shape index (κ1) is 16.5. The molecule has 0 aliphatic heterocycles. The minimum Gasteiger partial charge on any atom is -0.348 e. The fourth-order valence-corrected chi connectivity index (χ4v) is 1.70. The van der Waals surface area contributed by atoms with E-state index < -0.39 is 0 Å². The molecule has 0 aliphatic rings. The number of hydrogen-bond donors (Lipinski definition) is 1. The molecule has 20 heavy (non-hydrogen) atoms. The minimum atomic E-state index is -0.123. The van der Waals surface area contributed by atoms with Crippen LogP contribution in [0.25, 0.3) is 0 Å². The number of carbonyl (C=O) groups is 2. The van der Waals surface area contributed by atoms with Crippen molar-refractivity contribution < 1.29 is 9.59 Å². The summed E-state index contributed by atoms with van der Waals surface area (Å²) in [6.07, 6.45) is 0.308. The van der Waals surface area contributed by atoms with Crippen molar-refractivity contribution in [3.8, 4) is 0 Å². The van der Waals surface area contributed by atoms with Gasteiger partial charge < -0.3 is 10.2 Å². The van der Waals surface area contributed by atoms with Crippen LogP contribution in [-0.2, 0) is 9.59 Å². The van der Waals surface area contributed by atoms with Gasteiger partial charge in [-0.3, -0.25) is 14.5 Å². The largest absolute Gasteiger partial charge is 0.348 e. The van der Waals surface area contributed by atoms with Gasteiger partial charge in [0.25, 0.3) is 0 Å². The number of likely N-dealkylation sites (N-methyl/N-ethyl adjacent to an activating group) is 2. The van der Waals surface area contributed by atoms with Crippen LogP contribution >= 0.6 is 11.6 Å². The van der Waals surface area contributed by atoms with Crippen LogP contribution in [0.3, 0.4) is 0 Å². The van der Waals surface area contributed by atoms with Gasteiger partial charge in [0, 0.05) is 27.1 Å². The third-order valence-electron chi connectivity index (χ3n) is 2.77. The van der Waals surface area contributed by atoms with Crippen molar-refractivity contribution in [1.29, 1.82) is 0 Å². The Morgan fingerprint density at radius 1 is 1.20 bits per heavy atom. The van der Waals surface area contributed by atoms with Gasteiger partial charge in [0.2, 0.25) is 11.8 Å². The highest BCUT2D eigenvalue weighted by Gasteiger charge is 2.10. The summed E-state index contributed by atoms with van der Waals surface area (Å²) in [6.45, 7) is 0.808. The maximum absolute atomic E-state index is 11.8. The van der Waals surface area contributed by atoms with Gasteiger partial charge in [-0.15, -0.1) is 0 Å². The average Bonchev–Trinajstić information content (AvgIpc) is 2.39. The molecule has 0 saturated heterocycles. The summed E-state index contributed by atoms with van der Waals surface area (Å²) in [5, 5.41) is 3.26. The number of nitrogens with zero attached hydrogens (tertiary/aromatic N) is 2. The van der Waals surface area contributed by atoms with Crippen molar-refractivity contribution >= 4 is 29.1 Å². The molecular formula is C14H20ClN3O2. The summed E-state index contributed by atoms with van der Waals surface area (Å²) in [5.41, 5.74) is 0.603. The molecule has 0 heterocycles. The van der Waals surface area contributed by atoms with Crippen LogP contribution < -0.4 is 5.32 Å². The third-order valence-corrected chi connectivity index (χ3v) is 3.10. The van der Waals surface area contributed by atoms with Gasteiger partial charge in [0.15, 0.2) is 0 Å². The van der Waals surface area contributed by atoms with Crippen LogP contribution in [0, 0.1) is 0 Å². The van der Waals surface area contributed by atoms with Crippen molar-refractivity contribution in [2.75, 3.05) is 39.5 Å². The number of benzene rings is 1. The lowest BCUT2D eigenvalue weighted by Crippen LogP contribution is -2.35. The highest BCUT2D eigenvalue weighted by molar-refractivity contribution is 6.33. The molecule has 0 saturated carbocycles. The molecule has 0 aliphatic carbocycles. The lowest BCUT2D eigenvalue weighted by molar-refractivity contribution is -0.130. The van der Waals surface area contributed by atoms with Crippen LogP contribution in [-0.4, -0.2) is 55.8 Å². The molecule has 1 aromatic rings. The smallest absolute Gasteiger partial charge is 0.236 e. The van der Waals surface area contributed by atoms with Gasteiger partial charge in [-0.1, -0.05) is 23.7 Å². The van der Waals surface area contributed by atoms with Gasteiger partial charge in [-0.2, -0.15) is 0 Å². The van der Waals surface area contributed by atoms with Crippen molar-refractivity contribution in [3.63, 3.8) is 0 Å². The van der Waals surface area contributed by atoms with E-state index in [0.717, 1.165) is 0 Å². The molecule has 2 amide bonds. The Bertz CT molecular complexity index is 477. The van der Waals surface area contributed by atoms with Crippen molar-refractivity contribution in [1.82, 2.24) is 9.80 Å². The maximum atomic E-state index is 11.8. The number of anilines is 1. The summed E-state index contributed by atoms with van der Waals surface area (Å²) in [6, 6.07) is 7.08. The van der Waals surface area contributed by atoms with Crippen molar-refractivity contribution in [3.05, 3.63) is 29.3 Å². The van der Waals surface area contributed by atoms with Gasteiger partial charge in [0.05, 0.1) is 17.3 Å². The van der Waals surface area contributed by atoms with Crippen LogP contribution in [0.4, 0.5) is 5.69 Å². The fourth-order valence-electron chi connectivity index (χ4n) is 1.52. The van der Waals surface area contributed by atoms with E-state index in [4.69, 9.17) is 11.6 Å². The highest BCUT2D eigenvalue weighted by Crippen LogP contribution is 2.20. The highest BCUT2D eigenvalue weighted by atomic mass is 35.5. The second-order valence-electron chi connectivity index (χ2n) is 4.80. The van der Waals surface area contributed by atoms with E-state index >= 15 is 0 Å². The Morgan fingerprint density at radius 3 is 2.45 bits per heavy atom. The van der Waals surface area contributed by atoms with E-state index in [9.17, 15) is 9.59 Å². The van der Waals surface area contributed by atoms with Crippen molar-refractivity contribution in [2.24, 2.45) is 0 Å². The number of amides is 2. The topological polar surface area (TPSA) is 52.7 Å². The molecule has 0 spiro atoms. The molecule has 0 aromatic heterocycles. The standard InChI is InChI=1S/C14H20ClN3O2/c1-17(2)14(20)10-18(3)9-8-13(19)16-12-7-5-4-6-11(12)15/h4-7H,8-10H2,1-3H3,(H,16,19). The summed E-state index contributed by atoms with van der Waals surface area (Å²) >= 11 is 5.96.